The van der Waals surface area contributed by atoms with E-state index in [0.29, 0.717) is 10.8 Å². The Hall–Kier alpha value is -0.830. The van der Waals surface area contributed by atoms with Crippen molar-refractivity contribution >= 4 is 9.84 Å². The van der Waals surface area contributed by atoms with Crippen LogP contribution in [-0.4, -0.2) is 14.7 Å². The lowest BCUT2D eigenvalue weighted by Crippen LogP contribution is -1.98. The van der Waals surface area contributed by atoms with Crippen molar-refractivity contribution in [1.29, 1.82) is 0 Å². The highest BCUT2D eigenvalue weighted by atomic mass is 32.2. The molecule has 0 aliphatic heterocycles. The Bertz CT molecular complexity index is 459. The number of rotatable bonds is 2. The van der Waals surface area contributed by atoms with Crippen LogP contribution < -0.4 is 0 Å². The first-order valence-corrected chi connectivity index (χ1v) is 7.66. The van der Waals surface area contributed by atoms with Crippen molar-refractivity contribution in [2.75, 3.05) is 6.26 Å². The fourth-order valence-corrected chi connectivity index (χ4v) is 3.13. The summed E-state index contributed by atoms with van der Waals surface area (Å²) in [6, 6.07) is 7.40. The maximum Gasteiger partial charge on any atom is 0.175 e. The zero-order valence-corrected chi connectivity index (χ0v) is 10.6. The molecule has 2 rings (SSSR count). The van der Waals surface area contributed by atoms with Crippen molar-refractivity contribution in [1.82, 2.24) is 0 Å². The summed E-state index contributed by atoms with van der Waals surface area (Å²) in [6.07, 6.45) is 5.01. The van der Waals surface area contributed by atoms with Crippen molar-refractivity contribution in [2.24, 2.45) is 5.92 Å². The first-order chi connectivity index (χ1) is 7.47. The Morgan fingerprint density at radius 3 is 2.19 bits per heavy atom. The smallest absolute Gasteiger partial charge is 0.175 e. The molecule has 2 nitrogen and oxygen atoms in total. The lowest BCUT2D eigenvalue weighted by molar-refractivity contribution is 0.595. The summed E-state index contributed by atoms with van der Waals surface area (Å²) in [5.41, 5.74) is 1.29. The second kappa shape index (κ2) is 4.21. The highest BCUT2D eigenvalue weighted by Crippen LogP contribution is 2.37. The molecule has 1 aromatic rings. The minimum Gasteiger partial charge on any atom is -0.224 e. The van der Waals surface area contributed by atoms with Crippen LogP contribution in [0, 0.1) is 5.92 Å². The molecular formula is C13H18O2S. The standard InChI is InChI=1S/C13H18O2S/c1-10-3-4-12(9-10)11-5-7-13(8-6-11)16(2,14)15/h5-8,10,12H,3-4,9H2,1-2H3/t10-,12-/m0/s1. The first kappa shape index (κ1) is 11.6. The maximum atomic E-state index is 11.3. The van der Waals surface area contributed by atoms with Crippen LogP contribution in [0.3, 0.4) is 0 Å². The second-order valence-corrected chi connectivity index (χ2v) is 6.97. The Labute approximate surface area is 97.6 Å². The first-order valence-electron chi connectivity index (χ1n) is 5.77. The van der Waals surface area contributed by atoms with Crippen LogP contribution in [0.25, 0.3) is 0 Å². The normalized spacial score (nSPS) is 25.9. The number of benzene rings is 1. The molecule has 2 atom stereocenters. The van der Waals surface area contributed by atoms with E-state index in [0.717, 1.165) is 5.92 Å². The Morgan fingerprint density at radius 2 is 1.75 bits per heavy atom. The fourth-order valence-electron chi connectivity index (χ4n) is 2.50. The molecule has 0 radical (unpaired) electrons. The van der Waals surface area contributed by atoms with E-state index in [1.807, 2.05) is 12.1 Å². The third-order valence-corrected chi connectivity index (χ3v) is 4.60. The van der Waals surface area contributed by atoms with Gasteiger partial charge in [-0.25, -0.2) is 8.42 Å². The fraction of sp³-hybridized carbons (Fsp3) is 0.538. The summed E-state index contributed by atoms with van der Waals surface area (Å²) in [6.45, 7) is 2.28. The lowest BCUT2D eigenvalue weighted by atomic mass is 9.97. The molecule has 1 fully saturated rings. The molecule has 1 aliphatic carbocycles. The minimum atomic E-state index is -3.05. The Morgan fingerprint density at radius 1 is 1.12 bits per heavy atom. The topological polar surface area (TPSA) is 34.1 Å². The van der Waals surface area contributed by atoms with E-state index in [4.69, 9.17) is 0 Å². The molecule has 0 aromatic heterocycles. The Balaban J connectivity index is 2.20. The van der Waals surface area contributed by atoms with Gasteiger partial charge in [0.2, 0.25) is 0 Å². The zero-order chi connectivity index (χ0) is 11.8. The van der Waals surface area contributed by atoms with Crippen molar-refractivity contribution < 1.29 is 8.42 Å². The summed E-state index contributed by atoms with van der Waals surface area (Å²) in [5.74, 6) is 1.43. The molecule has 0 bridgehead atoms. The van der Waals surface area contributed by atoms with E-state index in [-0.39, 0.29) is 0 Å². The summed E-state index contributed by atoms with van der Waals surface area (Å²) in [5, 5.41) is 0. The summed E-state index contributed by atoms with van der Waals surface area (Å²) < 4.78 is 22.6. The molecule has 0 unspecified atom stereocenters. The van der Waals surface area contributed by atoms with Gasteiger partial charge in [0.15, 0.2) is 9.84 Å². The van der Waals surface area contributed by atoms with Crippen molar-refractivity contribution in [3.63, 3.8) is 0 Å². The van der Waals surface area contributed by atoms with Gasteiger partial charge in [0, 0.05) is 6.26 Å². The van der Waals surface area contributed by atoms with E-state index in [1.165, 1.54) is 31.1 Å². The van der Waals surface area contributed by atoms with Gasteiger partial charge in [0.1, 0.15) is 0 Å². The molecule has 0 amide bonds. The van der Waals surface area contributed by atoms with E-state index in [2.05, 4.69) is 6.92 Å². The van der Waals surface area contributed by atoms with Gasteiger partial charge in [0.05, 0.1) is 4.90 Å². The molecule has 1 aliphatic rings. The van der Waals surface area contributed by atoms with Crippen LogP contribution >= 0.6 is 0 Å². The molecule has 0 N–H and O–H groups in total. The van der Waals surface area contributed by atoms with Gasteiger partial charge in [0.25, 0.3) is 0 Å². The predicted octanol–water partition coefficient (Wildman–Crippen LogP) is 2.99. The van der Waals surface area contributed by atoms with Crippen LogP contribution in [0.4, 0.5) is 0 Å². The lowest BCUT2D eigenvalue weighted by Gasteiger charge is -2.10. The average Bonchev–Trinajstić information content (AvgIpc) is 2.64. The van der Waals surface area contributed by atoms with Crippen LogP contribution in [-0.2, 0) is 9.84 Å². The molecule has 88 valence electrons. The average molecular weight is 238 g/mol. The van der Waals surface area contributed by atoms with E-state index in [1.54, 1.807) is 12.1 Å². The van der Waals surface area contributed by atoms with Gasteiger partial charge < -0.3 is 0 Å². The van der Waals surface area contributed by atoms with Gasteiger partial charge in [-0.15, -0.1) is 0 Å². The van der Waals surface area contributed by atoms with Crippen molar-refractivity contribution in [3.8, 4) is 0 Å². The van der Waals surface area contributed by atoms with Crippen LogP contribution in [0.2, 0.25) is 0 Å². The van der Waals surface area contributed by atoms with E-state index in [9.17, 15) is 8.42 Å². The van der Waals surface area contributed by atoms with Crippen LogP contribution in [0.1, 0.15) is 37.7 Å². The predicted molar refractivity (Wildman–Crippen MR) is 65.3 cm³/mol. The van der Waals surface area contributed by atoms with Gasteiger partial charge >= 0.3 is 0 Å². The molecule has 0 heterocycles. The third kappa shape index (κ3) is 2.46. The number of sulfone groups is 1. The zero-order valence-electron chi connectivity index (χ0n) is 9.81. The SMILES string of the molecule is C[C@H]1CC[C@H](c2ccc(S(C)(=O)=O)cc2)C1. The molecule has 16 heavy (non-hydrogen) atoms. The minimum absolute atomic E-state index is 0.419. The molecule has 1 saturated carbocycles. The quantitative estimate of drug-likeness (QED) is 0.793. The number of hydrogen-bond acceptors (Lipinski definition) is 2. The monoisotopic (exact) mass is 238 g/mol. The molecule has 3 heteroatoms. The molecule has 0 saturated heterocycles. The summed E-state index contributed by atoms with van der Waals surface area (Å²) >= 11 is 0. The summed E-state index contributed by atoms with van der Waals surface area (Å²) in [4.78, 5) is 0.419. The van der Waals surface area contributed by atoms with Crippen molar-refractivity contribution in [2.45, 2.75) is 37.0 Å². The highest BCUT2D eigenvalue weighted by Gasteiger charge is 2.22. The highest BCUT2D eigenvalue weighted by molar-refractivity contribution is 7.90. The van der Waals surface area contributed by atoms with E-state index >= 15 is 0 Å². The van der Waals surface area contributed by atoms with Crippen LogP contribution in [0.15, 0.2) is 29.2 Å². The molecular weight excluding hydrogens is 220 g/mol. The maximum absolute atomic E-state index is 11.3. The van der Waals surface area contributed by atoms with Gasteiger partial charge in [-0.05, 0) is 42.4 Å². The van der Waals surface area contributed by atoms with Crippen LogP contribution in [0.5, 0.6) is 0 Å². The largest absolute Gasteiger partial charge is 0.224 e. The van der Waals surface area contributed by atoms with Gasteiger partial charge in [-0.2, -0.15) is 0 Å². The number of hydrogen-bond donors (Lipinski definition) is 0. The van der Waals surface area contributed by atoms with E-state index < -0.39 is 9.84 Å². The molecule has 1 aromatic carbocycles. The Kier molecular flexibility index (Phi) is 3.06. The van der Waals surface area contributed by atoms with Gasteiger partial charge in [-0.3, -0.25) is 0 Å². The van der Waals surface area contributed by atoms with Crippen molar-refractivity contribution in [3.05, 3.63) is 29.8 Å². The summed E-state index contributed by atoms with van der Waals surface area (Å²) in [7, 11) is -3.05. The van der Waals surface area contributed by atoms with Gasteiger partial charge in [-0.1, -0.05) is 25.5 Å². The molecule has 0 spiro atoms. The third-order valence-electron chi connectivity index (χ3n) is 3.47. The second-order valence-electron chi connectivity index (χ2n) is 4.96.